The van der Waals surface area contributed by atoms with Crippen LogP contribution in [0.1, 0.15) is 105 Å². The van der Waals surface area contributed by atoms with E-state index in [1.54, 1.807) is 51.2 Å². The van der Waals surface area contributed by atoms with Crippen molar-refractivity contribution in [1.82, 2.24) is 4.90 Å². The molecule has 0 unspecified atom stereocenters. The van der Waals surface area contributed by atoms with Crippen LogP contribution in [0.25, 0.3) is 0 Å². The van der Waals surface area contributed by atoms with Crippen molar-refractivity contribution in [3.63, 3.8) is 0 Å². The zero-order valence-corrected chi connectivity index (χ0v) is 46.0. The number of hydrogen-bond donors (Lipinski definition) is 15. The van der Waals surface area contributed by atoms with Gasteiger partial charge in [0.25, 0.3) is 0 Å². The normalized spacial score (nSPS) is 45.3. The molecule has 4 aliphatic heterocycles. The molecule has 23 nitrogen and oxygen atoms in total. The smallest absolute Gasteiger partial charge is 0.311 e. The van der Waals surface area contributed by atoms with Crippen LogP contribution in [0.2, 0.25) is 0 Å². The van der Waals surface area contributed by atoms with Gasteiger partial charge in [-0.15, -0.1) is 0 Å². The Morgan fingerprint density at radius 1 is 0.684 bits per heavy atom. The molecule has 4 aliphatic rings. The molecular weight excluding hydrogens is 1040 g/mol. The minimum atomic E-state index is -2.46. The number of aliphatic hydroxyl groups excluding tert-OH is 12. The lowest BCUT2D eigenvalue weighted by atomic mass is 9.82. The van der Waals surface area contributed by atoms with Crippen LogP contribution in [0.5, 0.6) is 0 Å². The SMILES string of the molecule is CCCN(C[C@]1(O)OC[C@@H](O)[C@@H](O)[C@@H]1O)[C@@H]1[C@H](O)[C@@H](O[C@H]2/C=C/C=C/C=C/C=C/CC/C=C/C=C/[C@H](C)[C@@H](O)[C@@H](C)[C@H](C)OC(=O)C[C@H](O)C[C@H](O)C[C@H](O)CC[C@@H](O)[C@H](O)C[C@]3(O)C[C@H](O)[C@@H](C(=O)O)[C@H](C2)O3)O[C@H](C)[C@H]1O. The molecule has 0 amide bonds. The van der Waals surface area contributed by atoms with Crippen molar-refractivity contribution in [2.24, 2.45) is 17.8 Å². The molecule has 23 heteroatoms. The largest absolute Gasteiger partial charge is 0.481 e. The molecule has 79 heavy (non-hydrogen) atoms. The van der Waals surface area contributed by atoms with E-state index in [9.17, 15) is 86.2 Å². The fraction of sp³-hybridized carbons (Fsp3) is 0.750. The first-order chi connectivity index (χ1) is 37.2. The van der Waals surface area contributed by atoms with Gasteiger partial charge in [-0.25, -0.2) is 0 Å². The summed E-state index contributed by atoms with van der Waals surface area (Å²) in [5.41, 5.74) is 0. The van der Waals surface area contributed by atoms with E-state index in [4.69, 9.17) is 23.7 Å². The summed E-state index contributed by atoms with van der Waals surface area (Å²) in [5.74, 6) is -9.63. The first-order valence-corrected chi connectivity index (χ1v) is 27.6. The predicted octanol–water partition coefficient (Wildman–Crippen LogP) is -0.509. The fourth-order valence-electron chi connectivity index (χ4n) is 10.4. The molecule has 4 rings (SSSR count). The summed E-state index contributed by atoms with van der Waals surface area (Å²) in [6.07, 6.45) is -5.10. The number of cyclic esters (lactones) is 1. The highest BCUT2D eigenvalue weighted by Gasteiger charge is 2.54. The Hall–Kier alpha value is -3.38. The molecule has 0 aromatic heterocycles. The number of aliphatic hydroxyl groups is 14. The number of carbonyl (C=O) groups excluding carboxylic acids is 1. The van der Waals surface area contributed by atoms with Crippen LogP contribution in [-0.2, 0) is 33.3 Å². The van der Waals surface area contributed by atoms with E-state index in [-0.39, 0.29) is 38.1 Å². The summed E-state index contributed by atoms with van der Waals surface area (Å²) in [6, 6.07) is -1.29. The lowest BCUT2D eigenvalue weighted by Gasteiger charge is -2.50. The second-order valence-electron chi connectivity index (χ2n) is 21.9. The van der Waals surface area contributed by atoms with Crippen molar-refractivity contribution in [3.05, 3.63) is 72.9 Å². The summed E-state index contributed by atoms with van der Waals surface area (Å²) in [5, 5.41) is 165. The Kier molecular flexibility index (Phi) is 28.0. The molecule has 0 aromatic carbocycles. The predicted molar refractivity (Wildman–Crippen MR) is 284 cm³/mol. The minimum absolute atomic E-state index is 0.0914. The zero-order chi connectivity index (χ0) is 58.8. The summed E-state index contributed by atoms with van der Waals surface area (Å²) in [6.45, 7) is 7.46. The molecule has 23 atom stereocenters. The molecule has 0 saturated carbocycles. The van der Waals surface area contributed by atoms with Crippen molar-refractivity contribution in [3.8, 4) is 0 Å². The number of carboxylic acid groups (broad SMARTS) is 1. The average Bonchev–Trinajstić information content (AvgIpc) is 3.36. The Morgan fingerprint density at radius 3 is 1.95 bits per heavy atom. The van der Waals surface area contributed by atoms with Crippen molar-refractivity contribution in [1.29, 1.82) is 0 Å². The molecule has 452 valence electrons. The van der Waals surface area contributed by atoms with Crippen LogP contribution >= 0.6 is 0 Å². The molecule has 0 spiro atoms. The maximum atomic E-state index is 12.8. The van der Waals surface area contributed by atoms with Gasteiger partial charge in [0, 0.05) is 31.1 Å². The summed E-state index contributed by atoms with van der Waals surface area (Å²) >= 11 is 0. The van der Waals surface area contributed by atoms with Gasteiger partial charge in [0.05, 0.1) is 92.8 Å². The molecule has 0 aromatic rings. The number of aliphatic carboxylic acids is 1. The van der Waals surface area contributed by atoms with Gasteiger partial charge in [0.15, 0.2) is 12.1 Å². The Morgan fingerprint density at radius 2 is 1.29 bits per heavy atom. The first kappa shape index (κ1) is 68.1. The van der Waals surface area contributed by atoms with E-state index in [1.165, 1.54) is 17.9 Å². The monoisotopic (exact) mass is 1130 g/mol. The molecule has 15 N–H and O–H groups in total. The zero-order valence-electron chi connectivity index (χ0n) is 46.0. The second kappa shape index (κ2) is 32.5. The number of esters is 1. The Labute approximate surface area is 462 Å². The van der Waals surface area contributed by atoms with Gasteiger partial charge in [-0.05, 0) is 65.3 Å². The molecule has 3 fully saturated rings. The van der Waals surface area contributed by atoms with Crippen molar-refractivity contribution < 1.29 is 110 Å². The average molecular weight is 1130 g/mol. The topological polar surface area (TPSA) is 387 Å². The summed E-state index contributed by atoms with van der Waals surface area (Å²) in [7, 11) is 0. The molecule has 3 saturated heterocycles. The summed E-state index contributed by atoms with van der Waals surface area (Å²) < 4.78 is 29.3. The van der Waals surface area contributed by atoms with E-state index in [1.807, 2.05) is 43.4 Å². The number of carbonyl (C=O) groups is 2. The van der Waals surface area contributed by atoms with Gasteiger partial charge in [0.2, 0.25) is 5.79 Å². The minimum Gasteiger partial charge on any atom is -0.481 e. The number of hydrogen-bond acceptors (Lipinski definition) is 22. The number of allylic oxidation sites excluding steroid dienone is 10. The molecule has 0 aliphatic carbocycles. The van der Waals surface area contributed by atoms with Crippen molar-refractivity contribution in [2.75, 3.05) is 19.7 Å². The lowest BCUT2D eigenvalue weighted by molar-refractivity contribution is -0.336. The molecular formula is C56H91NO22. The quantitative estimate of drug-likeness (QED) is 0.136. The highest BCUT2D eigenvalue weighted by molar-refractivity contribution is 5.71. The maximum absolute atomic E-state index is 12.8. The van der Waals surface area contributed by atoms with Crippen molar-refractivity contribution >= 4 is 11.9 Å². The van der Waals surface area contributed by atoms with E-state index in [0.717, 1.165) is 0 Å². The van der Waals surface area contributed by atoms with Crippen LogP contribution in [0.4, 0.5) is 0 Å². The highest BCUT2D eigenvalue weighted by Crippen LogP contribution is 2.39. The van der Waals surface area contributed by atoms with E-state index >= 15 is 0 Å². The Bertz CT molecular complexity index is 2020. The number of carboxylic acids is 1. The van der Waals surface area contributed by atoms with Gasteiger partial charge < -0.3 is 100 Å². The van der Waals surface area contributed by atoms with E-state index < -0.39 is 184 Å². The Balaban J connectivity index is 1.62. The number of fused-ring (bicyclic) bond motifs is 2. The molecule has 4 heterocycles. The maximum Gasteiger partial charge on any atom is 0.311 e. The van der Waals surface area contributed by atoms with Gasteiger partial charge >= 0.3 is 11.9 Å². The van der Waals surface area contributed by atoms with Crippen LogP contribution in [0, 0.1) is 17.8 Å². The third kappa shape index (κ3) is 20.8. The van der Waals surface area contributed by atoms with Crippen molar-refractivity contribution in [2.45, 2.75) is 227 Å². The number of nitrogens with zero attached hydrogens (tertiary/aromatic N) is 1. The van der Waals surface area contributed by atoms with Gasteiger partial charge in [-0.2, -0.15) is 0 Å². The fourth-order valence-corrected chi connectivity index (χ4v) is 10.4. The summed E-state index contributed by atoms with van der Waals surface area (Å²) in [4.78, 5) is 26.9. The van der Waals surface area contributed by atoms with Crippen LogP contribution in [0.15, 0.2) is 72.9 Å². The van der Waals surface area contributed by atoms with Crippen LogP contribution < -0.4 is 0 Å². The highest BCUT2D eigenvalue weighted by atomic mass is 16.7. The van der Waals surface area contributed by atoms with E-state index in [2.05, 4.69) is 0 Å². The molecule has 2 bridgehead atoms. The number of ether oxygens (including phenoxy) is 5. The first-order valence-electron chi connectivity index (χ1n) is 27.6. The lowest BCUT2D eigenvalue weighted by Crippen LogP contribution is -2.69. The third-order valence-corrected chi connectivity index (χ3v) is 15.2. The van der Waals surface area contributed by atoms with Gasteiger partial charge in [-0.1, -0.05) is 93.7 Å². The van der Waals surface area contributed by atoms with Gasteiger partial charge in [-0.3, -0.25) is 14.5 Å². The molecule has 0 radical (unpaired) electrons. The van der Waals surface area contributed by atoms with E-state index in [0.29, 0.717) is 19.3 Å². The van der Waals surface area contributed by atoms with Gasteiger partial charge in [0.1, 0.15) is 36.4 Å². The standard InChI is InChI=1S/C56H91NO22/c1-6-23-57(31-56(74)52(70)50(68)43(64)30-75-56)47-49(67)35(5)77-54(51(47)69)78-39-20-18-16-14-12-10-8-7-9-11-13-15-17-19-32(2)48(66)33(3)34(4)76-45(65)26-38(60)25-37(59)24-36(58)21-22-40(61)41(62)28-55(73)29-42(63)46(53(71)72)44(27-39)79-55/h7-8,10,12-20,32-44,46-52,54,58-64,66-70,73-74H,6,9,11,21-31H2,1-5H3,(H,71,72)/b8-7+,12-10+,15-13+,16-14+,19-17+,20-18+/t32-,33-,34-,35+,36+,37+,38+,39-,40+,41+,42-,43+,44-,46+,47-,48+,49+,50+,51-,52-,54+,55+,56-/m0/s1. The van der Waals surface area contributed by atoms with Crippen LogP contribution in [-0.4, -0.2) is 235 Å². The number of rotatable bonds is 8. The second-order valence-corrected chi connectivity index (χ2v) is 21.9. The third-order valence-electron chi connectivity index (χ3n) is 15.2. The van der Waals surface area contributed by atoms with Crippen LogP contribution in [0.3, 0.4) is 0 Å².